The van der Waals surface area contributed by atoms with E-state index in [-0.39, 0.29) is 6.04 Å². The number of nitrogens with one attached hydrogen (secondary N) is 1. The minimum Gasteiger partial charge on any atom is -0.444 e. The molecule has 2 N–H and O–H groups in total. The second kappa shape index (κ2) is 4.00. The number of aliphatic hydroxyl groups is 1. The van der Waals surface area contributed by atoms with E-state index in [1.54, 1.807) is 26.8 Å². The molecule has 4 nitrogen and oxygen atoms in total. The van der Waals surface area contributed by atoms with Crippen LogP contribution >= 0.6 is 0 Å². The van der Waals surface area contributed by atoms with Gasteiger partial charge in [-0.2, -0.15) is 0 Å². The molecule has 0 unspecified atom stereocenters. The van der Waals surface area contributed by atoms with Crippen LogP contribution in [0, 0.1) is 0 Å². The fraction of sp³-hybridized carbons (Fsp3) is 0.700. The van der Waals surface area contributed by atoms with Crippen LogP contribution < -0.4 is 5.32 Å². The highest BCUT2D eigenvalue weighted by Gasteiger charge is 2.24. The number of hydrogen-bond acceptors (Lipinski definition) is 3. The van der Waals surface area contributed by atoms with Crippen molar-refractivity contribution in [2.75, 3.05) is 0 Å². The lowest BCUT2D eigenvalue weighted by Gasteiger charge is -2.22. The molecule has 0 heterocycles. The smallest absolute Gasteiger partial charge is 0.408 e. The molecule has 0 saturated carbocycles. The van der Waals surface area contributed by atoms with Crippen molar-refractivity contribution in [3.63, 3.8) is 0 Å². The average molecular weight is 199 g/mol. The maximum Gasteiger partial charge on any atom is 0.408 e. The fourth-order valence-electron chi connectivity index (χ4n) is 1.23. The summed E-state index contributed by atoms with van der Waals surface area (Å²) in [6, 6.07) is -0.315. The number of carbonyl (C=O) groups is 1. The van der Waals surface area contributed by atoms with E-state index in [9.17, 15) is 9.90 Å². The van der Waals surface area contributed by atoms with E-state index in [0.29, 0.717) is 6.42 Å². The van der Waals surface area contributed by atoms with E-state index in [2.05, 4.69) is 5.32 Å². The number of hydrogen-bond donors (Lipinski definition) is 2. The minimum absolute atomic E-state index is 0.315. The van der Waals surface area contributed by atoms with Gasteiger partial charge in [0.15, 0.2) is 0 Å². The van der Waals surface area contributed by atoms with Crippen molar-refractivity contribution in [1.29, 1.82) is 0 Å². The van der Waals surface area contributed by atoms with Crippen LogP contribution in [0.25, 0.3) is 0 Å². The molecular weight excluding hydrogens is 182 g/mol. The van der Waals surface area contributed by atoms with Crippen molar-refractivity contribution in [3.8, 4) is 0 Å². The zero-order valence-corrected chi connectivity index (χ0v) is 8.78. The van der Waals surface area contributed by atoms with Crippen LogP contribution in [0.15, 0.2) is 12.2 Å². The van der Waals surface area contributed by atoms with E-state index in [1.165, 1.54) is 0 Å². The normalized spacial score (nSPS) is 26.3. The first-order valence-electron chi connectivity index (χ1n) is 4.73. The van der Waals surface area contributed by atoms with Gasteiger partial charge < -0.3 is 15.2 Å². The standard InChI is InChI=1S/C10H17NO3/c1-10(2,3)14-9(13)11-7-5-4-6-8(7)12/h4-5,7-8,12H,6H2,1-3H3,(H,11,13)/t7-,8-/m0/s1. The molecular formula is C10H17NO3. The summed E-state index contributed by atoms with van der Waals surface area (Å²) in [5.74, 6) is 0. The largest absolute Gasteiger partial charge is 0.444 e. The Morgan fingerprint density at radius 1 is 1.57 bits per heavy atom. The molecule has 14 heavy (non-hydrogen) atoms. The molecule has 4 heteroatoms. The molecule has 0 saturated heterocycles. The molecule has 0 aromatic heterocycles. The first kappa shape index (κ1) is 11.0. The van der Waals surface area contributed by atoms with Gasteiger partial charge in [0, 0.05) is 0 Å². The lowest BCUT2D eigenvalue weighted by Crippen LogP contribution is -2.42. The van der Waals surface area contributed by atoms with Crippen LogP contribution in [-0.4, -0.2) is 28.9 Å². The van der Waals surface area contributed by atoms with Gasteiger partial charge in [-0.25, -0.2) is 4.79 Å². The second-order valence-corrected chi connectivity index (χ2v) is 4.40. The van der Waals surface area contributed by atoms with Crippen molar-refractivity contribution in [2.45, 2.75) is 44.9 Å². The predicted molar refractivity (Wildman–Crippen MR) is 52.9 cm³/mol. The van der Waals surface area contributed by atoms with Crippen LogP contribution in [0.4, 0.5) is 4.79 Å². The zero-order chi connectivity index (χ0) is 10.8. The topological polar surface area (TPSA) is 58.6 Å². The third-order valence-corrected chi connectivity index (χ3v) is 1.82. The van der Waals surface area contributed by atoms with E-state index >= 15 is 0 Å². The number of aliphatic hydroxyl groups excluding tert-OH is 1. The molecule has 0 aliphatic heterocycles. The highest BCUT2D eigenvalue weighted by molar-refractivity contribution is 5.68. The van der Waals surface area contributed by atoms with Gasteiger partial charge in [0.1, 0.15) is 5.60 Å². The minimum atomic E-state index is -0.525. The predicted octanol–water partition coefficient (Wildman–Crippen LogP) is 1.20. The quantitative estimate of drug-likeness (QED) is 0.624. The molecule has 1 rings (SSSR count). The molecule has 0 bridgehead atoms. The molecule has 2 atom stereocenters. The van der Waals surface area contributed by atoms with Crippen LogP contribution in [0.3, 0.4) is 0 Å². The Labute approximate surface area is 83.9 Å². The lowest BCUT2D eigenvalue weighted by molar-refractivity contribution is 0.0465. The van der Waals surface area contributed by atoms with Gasteiger partial charge in [0.2, 0.25) is 0 Å². The van der Waals surface area contributed by atoms with Crippen molar-refractivity contribution in [3.05, 3.63) is 12.2 Å². The van der Waals surface area contributed by atoms with E-state index in [0.717, 1.165) is 0 Å². The van der Waals surface area contributed by atoms with E-state index in [1.807, 2.05) is 6.08 Å². The summed E-state index contributed by atoms with van der Waals surface area (Å²) in [6.45, 7) is 5.40. The Morgan fingerprint density at radius 2 is 2.21 bits per heavy atom. The van der Waals surface area contributed by atoms with Gasteiger partial charge in [-0.15, -0.1) is 0 Å². The molecule has 0 aromatic rings. The summed E-state index contributed by atoms with van der Waals surface area (Å²) in [7, 11) is 0. The molecule has 1 amide bonds. The van der Waals surface area contributed by atoms with Crippen molar-refractivity contribution >= 4 is 6.09 Å². The Bertz CT molecular complexity index is 242. The maximum absolute atomic E-state index is 11.3. The lowest BCUT2D eigenvalue weighted by atomic mass is 10.2. The number of amides is 1. The van der Waals surface area contributed by atoms with Crippen molar-refractivity contribution in [2.24, 2.45) is 0 Å². The van der Waals surface area contributed by atoms with Crippen molar-refractivity contribution < 1.29 is 14.6 Å². The second-order valence-electron chi connectivity index (χ2n) is 4.40. The SMILES string of the molecule is CC(C)(C)OC(=O)N[C@H]1C=CC[C@@H]1O. The summed E-state index contributed by atoms with van der Waals surface area (Å²) < 4.78 is 5.05. The Balaban J connectivity index is 2.37. The van der Waals surface area contributed by atoms with Crippen LogP contribution in [0.5, 0.6) is 0 Å². The Kier molecular flexibility index (Phi) is 3.16. The van der Waals surface area contributed by atoms with Gasteiger partial charge in [-0.05, 0) is 27.2 Å². The zero-order valence-electron chi connectivity index (χ0n) is 8.78. The maximum atomic E-state index is 11.3. The van der Waals surface area contributed by atoms with Crippen LogP contribution in [-0.2, 0) is 4.74 Å². The van der Waals surface area contributed by atoms with Gasteiger partial charge >= 0.3 is 6.09 Å². The molecule has 0 fully saturated rings. The molecule has 1 aliphatic rings. The molecule has 0 aromatic carbocycles. The molecule has 80 valence electrons. The third-order valence-electron chi connectivity index (χ3n) is 1.82. The van der Waals surface area contributed by atoms with E-state index in [4.69, 9.17) is 4.74 Å². The summed E-state index contributed by atoms with van der Waals surface area (Å²) in [5, 5.41) is 12.0. The number of rotatable bonds is 1. The van der Waals surface area contributed by atoms with Gasteiger partial charge in [0.05, 0.1) is 12.1 Å². The summed E-state index contributed by atoms with van der Waals surface area (Å²) in [4.78, 5) is 11.3. The highest BCUT2D eigenvalue weighted by atomic mass is 16.6. The van der Waals surface area contributed by atoms with Crippen molar-refractivity contribution in [1.82, 2.24) is 5.32 Å². The first-order chi connectivity index (χ1) is 6.38. The molecule has 1 aliphatic carbocycles. The monoisotopic (exact) mass is 199 g/mol. The van der Waals surface area contributed by atoms with Gasteiger partial charge in [-0.1, -0.05) is 12.2 Å². The number of ether oxygens (including phenoxy) is 1. The Hall–Kier alpha value is -1.03. The summed E-state index contributed by atoms with van der Waals surface area (Å²) >= 11 is 0. The van der Waals surface area contributed by atoms with E-state index < -0.39 is 17.8 Å². The molecule has 0 spiro atoms. The fourth-order valence-corrected chi connectivity index (χ4v) is 1.23. The highest BCUT2D eigenvalue weighted by Crippen LogP contribution is 2.12. The summed E-state index contributed by atoms with van der Waals surface area (Å²) in [6.07, 6.45) is 3.18. The Morgan fingerprint density at radius 3 is 2.64 bits per heavy atom. The third kappa shape index (κ3) is 3.38. The first-order valence-corrected chi connectivity index (χ1v) is 4.73. The van der Waals surface area contributed by atoms with Gasteiger partial charge in [-0.3, -0.25) is 0 Å². The van der Waals surface area contributed by atoms with Gasteiger partial charge in [0.25, 0.3) is 0 Å². The number of carbonyl (C=O) groups excluding carboxylic acids is 1. The van der Waals surface area contributed by atoms with Crippen LogP contribution in [0.2, 0.25) is 0 Å². The molecule has 0 radical (unpaired) electrons. The number of alkyl carbamates (subject to hydrolysis) is 1. The summed E-state index contributed by atoms with van der Waals surface area (Å²) in [5.41, 5.74) is -0.503. The van der Waals surface area contributed by atoms with Crippen LogP contribution in [0.1, 0.15) is 27.2 Å². The average Bonchev–Trinajstić information content (AvgIpc) is 2.32.